The highest BCUT2D eigenvalue weighted by molar-refractivity contribution is 5.89. The summed E-state index contributed by atoms with van der Waals surface area (Å²) in [6.45, 7) is 5.45. The molecule has 0 bridgehead atoms. The lowest BCUT2D eigenvalue weighted by molar-refractivity contribution is -0.137. The van der Waals surface area contributed by atoms with Crippen LogP contribution in [0, 0.1) is 11.8 Å². The van der Waals surface area contributed by atoms with Crippen molar-refractivity contribution in [2.45, 2.75) is 32.9 Å². The lowest BCUT2D eigenvalue weighted by Crippen LogP contribution is -2.35. The highest BCUT2D eigenvalue weighted by atomic mass is 19.4. The number of hydrogen-bond acceptors (Lipinski definition) is 2. The van der Waals surface area contributed by atoms with Crippen LogP contribution in [0.3, 0.4) is 0 Å². The highest BCUT2D eigenvalue weighted by Gasteiger charge is 2.34. The number of halogens is 3. The van der Waals surface area contributed by atoms with Gasteiger partial charge in [0.2, 0.25) is 11.8 Å². The molecule has 0 aromatic heterocycles. The molecule has 1 saturated heterocycles. The molecule has 25 heavy (non-hydrogen) atoms. The zero-order chi connectivity index (χ0) is 18.6. The maximum Gasteiger partial charge on any atom is 0.416 e. The van der Waals surface area contributed by atoms with Gasteiger partial charge in [0.1, 0.15) is 0 Å². The molecule has 2 rings (SSSR count). The molecule has 0 aliphatic carbocycles. The second-order valence-corrected chi connectivity index (χ2v) is 6.83. The molecular formula is C18H23F3N2O2. The summed E-state index contributed by atoms with van der Waals surface area (Å²) >= 11 is 0. The van der Waals surface area contributed by atoms with E-state index in [-0.39, 0.29) is 24.2 Å². The Hall–Kier alpha value is -2.05. The third-order valence-corrected chi connectivity index (χ3v) is 4.16. The second kappa shape index (κ2) is 7.89. The molecule has 138 valence electrons. The van der Waals surface area contributed by atoms with Crippen molar-refractivity contribution in [3.8, 4) is 0 Å². The Morgan fingerprint density at radius 1 is 1.28 bits per heavy atom. The van der Waals surface area contributed by atoms with Gasteiger partial charge in [-0.2, -0.15) is 13.2 Å². The molecule has 2 amide bonds. The molecule has 0 radical (unpaired) electrons. The molecule has 1 aromatic carbocycles. The average Bonchev–Trinajstić information content (AvgIpc) is 2.87. The van der Waals surface area contributed by atoms with Crippen LogP contribution in [0.2, 0.25) is 0 Å². The molecule has 1 atom stereocenters. The van der Waals surface area contributed by atoms with E-state index in [1.54, 1.807) is 4.90 Å². The van der Waals surface area contributed by atoms with E-state index < -0.39 is 11.7 Å². The van der Waals surface area contributed by atoms with Crippen molar-refractivity contribution < 1.29 is 22.8 Å². The fraction of sp³-hybridized carbons (Fsp3) is 0.556. The molecule has 1 aliphatic rings. The largest absolute Gasteiger partial charge is 0.416 e. The topological polar surface area (TPSA) is 49.4 Å². The van der Waals surface area contributed by atoms with Crippen molar-refractivity contribution in [3.05, 3.63) is 35.4 Å². The fourth-order valence-electron chi connectivity index (χ4n) is 2.90. The molecule has 1 fully saturated rings. The fourth-order valence-corrected chi connectivity index (χ4v) is 2.90. The van der Waals surface area contributed by atoms with Crippen LogP contribution in [-0.2, 0) is 22.2 Å². The van der Waals surface area contributed by atoms with Crippen molar-refractivity contribution in [1.29, 1.82) is 0 Å². The van der Waals surface area contributed by atoms with Gasteiger partial charge in [-0.15, -0.1) is 0 Å². The molecule has 7 heteroatoms. The summed E-state index contributed by atoms with van der Waals surface area (Å²) in [5.41, 5.74) is 0.0345. The minimum Gasteiger partial charge on any atom is -0.355 e. The van der Waals surface area contributed by atoms with Crippen LogP contribution in [0.5, 0.6) is 0 Å². The van der Waals surface area contributed by atoms with Crippen molar-refractivity contribution in [1.82, 2.24) is 10.2 Å². The summed E-state index contributed by atoms with van der Waals surface area (Å²) in [6, 6.07) is 4.91. The lowest BCUT2D eigenvalue weighted by Gasteiger charge is -2.18. The first-order valence-electron chi connectivity index (χ1n) is 8.38. The molecule has 1 N–H and O–H groups in total. The Labute approximate surface area is 145 Å². The van der Waals surface area contributed by atoms with Crippen molar-refractivity contribution in [2.24, 2.45) is 11.8 Å². The van der Waals surface area contributed by atoms with E-state index in [1.165, 1.54) is 12.1 Å². The van der Waals surface area contributed by atoms with Gasteiger partial charge >= 0.3 is 6.18 Å². The van der Waals surface area contributed by atoms with Gasteiger partial charge in [-0.3, -0.25) is 9.59 Å². The van der Waals surface area contributed by atoms with Crippen LogP contribution < -0.4 is 5.32 Å². The molecule has 1 aromatic rings. The van der Waals surface area contributed by atoms with E-state index in [9.17, 15) is 22.8 Å². The molecule has 0 spiro atoms. The summed E-state index contributed by atoms with van der Waals surface area (Å²) in [6.07, 6.45) is -3.68. The van der Waals surface area contributed by atoms with Crippen molar-refractivity contribution in [3.63, 3.8) is 0 Å². The number of alkyl halides is 3. The third-order valence-electron chi connectivity index (χ3n) is 4.16. The van der Waals surface area contributed by atoms with Gasteiger partial charge < -0.3 is 10.2 Å². The van der Waals surface area contributed by atoms with Gasteiger partial charge in [0.15, 0.2) is 0 Å². The number of likely N-dealkylation sites (tertiary alicyclic amines) is 1. The van der Waals surface area contributed by atoms with Gasteiger partial charge in [-0.1, -0.05) is 26.0 Å². The zero-order valence-electron chi connectivity index (χ0n) is 14.4. The number of nitrogens with zero attached hydrogens (tertiary/aromatic N) is 1. The number of benzene rings is 1. The summed E-state index contributed by atoms with van der Waals surface area (Å²) < 4.78 is 37.5. The Balaban J connectivity index is 1.78. The van der Waals surface area contributed by atoms with Gasteiger partial charge in [0, 0.05) is 26.1 Å². The Morgan fingerprint density at radius 2 is 1.92 bits per heavy atom. The second-order valence-electron chi connectivity index (χ2n) is 6.83. The van der Waals surface area contributed by atoms with E-state index in [4.69, 9.17) is 0 Å². The zero-order valence-corrected chi connectivity index (χ0v) is 14.4. The van der Waals surface area contributed by atoms with Crippen LogP contribution in [-0.4, -0.2) is 36.3 Å². The monoisotopic (exact) mass is 356 g/mol. The first-order valence-corrected chi connectivity index (χ1v) is 8.38. The van der Waals surface area contributed by atoms with Crippen LogP contribution in [0.25, 0.3) is 0 Å². The number of amides is 2. The Morgan fingerprint density at radius 3 is 2.48 bits per heavy atom. The summed E-state index contributed by atoms with van der Waals surface area (Å²) in [5.74, 6) is -0.174. The van der Waals surface area contributed by atoms with E-state index >= 15 is 0 Å². The summed E-state index contributed by atoms with van der Waals surface area (Å²) in [7, 11) is 0. The third kappa shape index (κ3) is 5.47. The van der Waals surface area contributed by atoms with E-state index in [1.807, 2.05) is 13.8 Å². The number of carbonyl (C=O) groups excluding carboxylic acids is 2. The number of hydrogen-bond donors (Lipinski definition) is 1. The minimum absolute atomic E-state index is 0.00316. The molecule has 0 saturated carbocycles. The highest BCUT2D eigenvalue weighted by Crippen LogP contribution is 2.29. The van der Waals surface area contributed by atoms with Crippen LogP contribution >= 0.6 is 0 Å². The van der Waals surface area contributed by atoms with E-state index in [2.05, 4.69) is 5.32 Å². The van der Waals surface area contributed by atoms with Crippen LogP contribution in [0.15, 0.2) is 24.3 Å². The maximum atomic E-state index is 12.5. The number of rotatable bonds is 6. The smallest absolute Gasteiger partial charge is 0.355 e. The number of carbonyl (C=O) groups is 2. The molecule has 1 aliphatic heterocycles. The van der Waals surface area contributed by atoms with E-state index in [0.717, 1.165) is 17.7 Å². The predicted molar refractivity (Wildman–Crippen MR) is 87.7 cm³/mol. The summed E-state index contributed by atoms with van der Waals surface area (Å²) in [5, 5.41) is 2.77. The molecular weight excluding hydrogens is 333 g/mol. The van der Waals surface area contributed by atoms with Crippen LogP contribution in [0.1, 0.15) is 31.4 Å². The molecule has 1 heterocycles. The normalized spacial score (nSPS) is 18.1. The predicted octanol–water partition coefficient (Wildman–Crippen LogP) is 2.87. The quantitative estimate of drug-likeness (QED) is 0.852. The Bertz CT molecular complexity index is 612. The SMILES string of the molecule is CC(C)CN1C[C@H](C(=O)NCCc2ccc(C(F)(F)F)cc2)CC1=O. The standard InChI is InChI=1S/C18H23F3N2O2/c1-12(2)10-23-11-14(9-16(23)24)17(25)22-8-7-13-3-5-15(6-4-13)18(19,20)21/h3-6,12,14H,7-11H2,1-2H3,(H,22,25)/t14-/m1/s1. The lowest BCUT2D eigenvalue weighted by atomic mass is 10.1. The van der Waals surface area contributed by atoms with Crippen molar-refractivity contribution in [2.75, 3.05) is 19.6 Å². The maximum absolute atomic E-state index is 12.5. The number of nitrogens with one attached hydrogen (secondary N) is 1. The van der Waals surface area contributed by atoms with Gasteiger partial charge in [0.25, 0.3) is 0 Å². The minimum atomic E-state index is -4.34. The van der Waals surface area contributed by atoms with Gasteiger partial charge in [-0.25, -0.2) is 0 Å². The van der Waals surface area contributed by atoms with E-state index in [0.29, 0.717) is 32.0 Å². The van der Waals surface area contributed by atoms with Gasteiger partial charge in [0.05, 0.1) is 11.5 Å². The first-order chi connectivity index (χ1) is 11.7. The Kier molecular flexibility index (Phi) is 6.08. The summed E-state index contributed by atoms with van der Waals surface area (Å²) in [4.78, 5) is 25.8. The van der Waals surface area contributed by atoms with Crippen molar-refractivity contribution >= 4 is 11.8 Å². The van der Waals surface area contributed by atoms with Gasteiger partial charge in [-0.05, 0) is 30.0 Å². The average molecular weight is 356 g/mol. The molecule has 0 unspecified atom stereocenters. The first kappa shape index (κ1) is 19.3. The van der Waals surface area contributed by atoms with Crippen LogP contribution in [0.4, 0.5) is 13.2 Å². The molecule has 4 nitrogen and oxygen atoms in total.